The van der Waals surface area contributed by atoms with Crippen LogP contribution in [-0.2, 0) is 4.74 Å². The summed E-state index contributed by atoms with van der Waals surface area (Å²) in [6, 6.07) is 0. The molecule has 6 nitrogen and oxygen atoms in total. The van der Waals surface area contributed by atoms with Crippen LogP contribution in [0.25, 0.3) is 0 Å². The molecule has 0 unspecified atom stereocenters. The molecule has 2 N–H and O–H groups in total. The van der Waals surface area contributed by atoms with Crippen LogP contribution in [0.4, 0.5) is 0 Å². The van der Waals surface area contributed by atoms with Crippen molar-refractivity contribution in [3.05, 3.63) is 0 Å². The molecule has 0 radical (unpaired) electrons. The van der Waals surface area contributed by atoms with Crippen LogP contribution in [0.3, 0.4) is 0 Å². The summed E-state index contributed by atoms with van der Waals surface area (Å²) in [7, 11) is 1.82. The molecule has 1 saturated heterocycles. The van der Waals surface area contributed by atoms with E-state index in [1.165, 1.54) is 32.7 Å². The zero-order chi connectivity index (χ0) is 15.3. The van der Waals surface area contributed by atoms with Gasteiger partial charge in [0, 0.05) is 66.1 Å². The second kappa shape index (κ2) is 14.5. The fourth-order valence-electron chi connectivity index (χ4n) is 2.41. The summed E-state index contributed by atoms with van der Waals surface area (Å²) in [5.74, 6) is 0.888. The van der Waals surface area contributed by atoms with Crippen molar-refractivity contribution in [3.8, 4) is 0 Å². The van der Waals surface area contributed by atoms with Gasteiger partial charge in [-0.2, -0.15) is 0 Å². The Morgan fingerprint density at radius 1 is 1.05 bits per heavy atom. The average Bonchev–Trinajstić information content (AvgIpc) is 2.53. The number of aliphatic imine (C=N–C) groups is 1. The standard InChI is InChI=1S/C15H33N5O.HI/c1-4-19-10-12-20(13-11-19)9-8-18-15(16-3)17-7-6-14-21-5-2;/h4-14H2,1-3H3,(H2,16,17,18);1H. The number of nitrogens with zero attached hydrogens (tertiary/aromatic N) is 3. The lowest BCUT2D eigenvalue weighted by Gasteiger charge is -2.34. The maximum atomic E-state index is 5.32. The molecule has 0 aromatic rings. The molecule has 0 aromatic carbocycles. The predicted octanol–water partition coefficient (Wildman–Crippen LogP) is 0.834. The minimum atomic E-state index is 0. The molecule has 22 heavy (non-hydrogen) atoms. The zero-order valence-corrected chi connectivity index (χ0v) is 16.8. The van der Waals surface area contributed by atoms with E-state index in [-0.39, 0.29) is 24.0 Å². The first-order valence-electron chi connectivity index (χ1n) is 8.27. The van der Waals surface area contributed by atoms with Crippen LogP contribution in [0.2, 0.25) is 0 Å². The molecular formula is C15H34IN5O. The van der Waals surface area contributed by atoms with Gasteiger partial charge in [0.2, 0.25) is 0 Å². The summed E-state index contributed by atoms with van der Waals surface area (Å²) in [6.07, 6.45) is 1.01. The topological polar surface area (TPSA) is 52.1 Å². The van der Waals surface area contributed by atoms with E-state index < -0.39 is 0 Å². The van der Waals surface area contributed by atoms with Crippen molar-refractivity contribution < 1.29 is 4.74 Å². The van der Waals surface area contributed by atoms with Crippen molar-refractivity contribution in [1.82, 2.24) is 20.4 Å². The molecule has 1 fully saturated rings. The number of likely N-dealkylation sites (N-methyl/N-ethyl adjacent to an activating group) is 1. The smallest absolute Gasteiger partial charge is 0.191 e. The summed E-state index contributed by atoms with van der Waals surface area (Å²) in [6.45, 7) is 14.7. The highest BCUT2D eigenvalue weighted by molar-refractivity contribution is 14.0. The number of ether oxygens (including phenoxy) is 1. The number of piperazine rings is 1. The molecule has 0 atom stereocenters. The fraction of sp³-hybridized carbons (Fsp3) is 0.933. The van der Waals surface area contributed by atoms with Gasteiger partial charge in [-0.05, 0) is 19.9 Å². The molecule has 1 rings (SSSR count). The predicted molar refractivity (Wildman–Crippen MR) is 104 cm³/mol. The Morgan fingerprint density at radius 2 is 1.68 bits per heavy atom. The molecule has 1 aliphatic heterocycles. The molecule has 0 aromatic heterocycles. The minimum absolute atomic E-state index is 0. The quantitative estimate of drug-likeness (QED) is 0.247. The molecular weight excluding hydrogens is 393 g/mol. The zero-order valence-electron chi connectivity index (χ0n) is 14.4. The summed E-state index contributed by atoms with van der Waals surface area (Å²) in [4.78, 5) is 9.26. The second-order valence-electron chi connectivity index (χ2n) is 5.25. The van der Waals surface area contributed by atoms with Gasteiger partial charge < -0.3 is 20.3 Å². The highest BCUT2D eigenvalue weighted by atomic mass is 127. The van der Waals surface area contributed by atoms with Gasteiger partial charge in [0.15, 0.2) is 5.96 Å². The van der Waals surface area contributed by atoms with Gasteiger partial charge in [0.05, 0.1) is 0 Å². The lowest BCUT2D eigenvalue weighted by atomic mass is 10.3. The van der Waals surface area contributed by atoms with Crippen LogP contribution >= 0.6 is 24.0 Å². The van der Waals surface area contributed by atoms with Crippen molar-refractivity contribution >= 4 is 29.9 Å². The van der Waals surface area contributed by atoms with Crippen LogP contribution in [0, 0.1) is 0 Å². The van der Waals surface area contributed by atoms with E-state index in [0.717, 1.165) is 45.2 Å². The summed E-state index contributed by atoms with van der Waals surface area (Å²) < 4.78 is 5.32. The third kappa shape index (κ3) is 9.81. The van der Waals surface area contributed by atoms with E-state index in [1.807, 2.05) is 14.0 Å². The van der Waals surface area contributed by atoms with E-state index in [9.17, 15) is 0 Å². The van der Waals surface area contributed by atoms with Crippen LogP contribution in [0.5, 0.6) is 0 Å². The third-order valence-electron chi connectivity index (χ3n) is 3.82. The van der Waals surface area contributed by atoms with Crippen LogP contribution < -0.4 is 10.6 Å². The van der Waals surface area contributed by atoms with Crippen molar-refractivity contribution in [3.63, 3.8) is 0 Å². The normalized spacial score (nSPS) is 17.1. The van der Waals surface area contributed by atoms with Gasteiger partial charge >= 0.3 is 0 Å². The fourth-order valence-corrected chi connectivity index (χ4v) is 2.41. The summed E-state index contributed by atoms with van der Waals surface area (Å²) in [5.41, 5.74) is 0. The maximum absolute atomic E-state index is 5.32. The first-order chi connectivity index (χ1) is 10.3. The number of nitrogens with one attached hydrogen (secondary N) is 2. The Morgan fingerprint density at radius 3 is 2.27 bits per heavy atom. The average molecular weight is 427 g/mol. The van der Waals surface area contributed by atoms with Crippen molar-refractivity contribution in [1.29, 1.82) is 0 Å². The van der Waals surface area contributed by atoms with E-state index >= 15 is 0 Å². The molecule has 0 spiro atoms. The molecule has 0 amide bonds. The Hall–Kier alpha value is -0.120. The van der Waals surface area contributed by atoms with Crippen molar-refractivity contribution in [2.24, 2.45) is 4.99 Å². The lowest BCUT2D eigenvalue weighted by molar-refractivity contribution is 0.139. The van der Waals surface area contributed by atoms with E-state index in [0.29, 0.717) is 0 Å². The van der Waals surface area contributed by atoms with Crippen LogP contribution in [0.1, 0.15) is 20.3 Å². The number of guanidine groups is 1. The van der Waals surface area contributed by atoms with E-state index in [4.69, 9.17) is 4.74 Å². The molecule has 1 aliphatic rings. The van der Waals surface area contributed by atoms with Gasteiger partial charge in [-0.15, -0.1) is 24.0 Å². The first kappa shape index (κ1) is 21.9. The monoisotopic (exact) mass is 427 g/mol. The Balaban J connectivity index is 0.00000441. The molecule has 0 aliphatic carbocycles. The number of halogens is 1. The third-order valence-corrected chi connectivity index (χ3v) is 3.82. The summed E-state index contributed by atoms with van der Waals surface area (Å²) in [5, 5.41) is 6.69. The number of rotatable bonds is 9. The van der Waals surface area contributed by atoms with Crippen LogP contribution in [-0.4, -0.2) is 88.4 Å². The van der Waals surface area contributed by atoms with Crippen LogP contribution in [0.15, 0.2) is 4.99 Å². The van der Waals surface area contributed by atoms with Gasteiger partial charge in [-0.1, -0.05) is 6.92 Å². The maximum Gasteiger partial charge on any atom is 0.191 e. The molecule has 0 bridgehead atoms. The molecule has 1 heterocycles. The van der Waals surface area contributed by atoms with Gasteiger partial charge in [-0.25, -0.2) is 0 Å². The molecule has 132 valence electrons. The van der Waals surface area contributed by atoms with E-state index in [2.05, 4.69) is 32.3 Å². The highest BCUT2D eigenvalue weighted by Gasteiger charge is 2.14. The molecule has 0 saturated carbocycles. The minimum Gasteiger partial charge on any atom is -0.382 e. The second-order valence-corrected chi connectivity index (χ2v) is 5.25. The summed E-state index contributed by atoms with van der Waals surface area (Å²) >= 11 is 0. The SMILES string of the molecule is CCOCCCNC(=NC)NCCN1CCN(CC)CC1.I. The van der Waals surface area contributed by atoms with Crippen molar-refractivity contribution in [2.75, 3.05) is 72.6 Å². The largest absolute Gasteiger partial charge is 0.382 e. The molecule has 7 heteroatoms. The number of hydrogen-bond donors (Lipinski definition) is 2. The van der Waals surface area contributed by atoms with Crippen molar-refractivity contribution in [2.45, 2.75) is 20.3 Å². The Kier molecular flexibility index (Phi) is 14.4. The Labute approximate surface area is 153 Å². The lowest BCUT2D eigenvalue weighted by Crippen LogP contribution is -2.49. The number of hydrogen-bond acceptors (Lipinski definition) is 4. The van der Waals surface area contributed by atoms with Gasteiger partial charge in [-0.3, -0.25) is 9.89 Å². The van der Waals surface area contributed by atoms with Gasteiger partial charge in [0.25, 0.3) is 0 Å². The van der Waals surface area contributed by atoms with E-state index in [1.54, 1.807) is 0 Å². The highest BCUT2D eigenvalue weighted by Crippen LogP contribution is 1.99. The first-order valence-corrected chi connectivity index (χ1v) is 8.27. The van der Waals surface area contributed by atoms with Gasteiger partial charge in [0.1, 0.15) is 0 Å². The Bertz CT molecular complexity index is 283.